The van der Waals surface area contributed by atoms with E-state index in [0.717, 1.165) is 35.4 Å². The van der Waals surface area contributed by atoms with E-state index in [1.165, 1.54) is 10.3 Å². The highest BCUT2D eigenvalue weighted by Gasteiger charge is 2.27. The Bertz CT molecular complexity index is 788. The maximum Gasteiger partial charge on any atom is 0.166 e. The van der Waals surface area contributed by atoms with Crippen molar-refractivity contribution in [2.45, 2.75) is 19.3 Å². The van der Waals surface area contributed by atoms with Crippen molar-refractivity contribution in [2.75, 3.05) is 0 Å². The zero-order valence-corrected chi connectivity index (χ0v) is 12.4. The van der Waals surface area contributed by atoms with Crippen LogP contribution in [-0.4, -0.2) is 10.8 Å². The minimum Gasteiger partial charge on any atom is -0.294 e. The third kappa shape index (κ3) is 2.28. The summed E-state index contributed by atoms with van der Waals surface area (Å²) >= 11 is 1.71. The number of thiazole rings is 1. The minimum atomic E-state index is 0.0838. The molecule has 0 saturated heterocycles. The number of nitrogens with zero attached hydrogens (tertiary/aromatic N) is 1. The fraction of sp³-hybridized carbons (Fsp3) is 0.222. The lowest BCUT2D eigenvalue weighted by Gasteiger charge is -2.22. The third-order valence-corrected chi connectivity index (χ3v) is 5.23. The molecule has 1 aliphatic carbocycles. The van der Waals surface area contributed by atoms with Gasteiger partial charge in [-0.05, 0) is 30.5 Å². The van der Waals surface area contributed by atoms with E-state index < -0.39 is 0 Å². The molecule has 0 fully saturated rings. The first kappa shape index (κ1) is 12.7. The van der Waals surface area contributed by atoms with Crippen LogP contribution < -0.4 is 0 Å². The molecule has 1 aliphatic rings. The van der Waals surface area contributed by atoms with E-state index in [-0.39, 0.29) is 11.7 Å². The van der Waals surface area contributed by atoms with Gasteiger partial charge in [0.2, 0.25) is 0 Å². The summed E-state index contributed by atoms with van der Waals surface area (Å²) in [5.74, 6) is 0.372. The number of fused-ring (bicyclic) bond motifs is 2. The number of ketones is 1. The summed E-state index contributed by atoms with van der Waals surface area (Å²) in [7, 11) is 0. The number of para-hydroxylation sites is 1. The number of Topliss-reactive ketones (excluding diaryl/α,β-unsaturated/α-hetero) is 1. The molecule has 0 aliphatic heterocycles. The van der Waals surface area contributed by atoms with E-state index in [2.05, 4.69) is 17.1 Å². The smallest absolute Gasteiger partial charge is 0.166 e. The zero-order chi connectivity index (χ0) is 14.2. The summed E-state index contributed by atoms with van der Waals surface area (Å²) in [6.07, 6.45) is 2.70. The number of hydrogen-bond acceptors (Lipinski definition) is 3. The maximum atomic E-state index is 12.6. The molecule has 2 nitrogen and oxygen atoms in total. The normalized spacial score (nSPS) is 17.9. The molecule has 0 saturated carbocycles. The second kappa shape index (κ2) is 5.08. The molecule has 3 heteroatoms. The van der Waals surface area contributed by atoms with Crippen molar-refractivity contribution in [2.24, 2.45) is 5.92 Å². The number of aromatic nitrogens is 1. The van der Waals surface area contributed by atoms with Crippen molar-refractivity contribution < 1.29 is 4.79 Å². The molecular weight excluding hydrogens is 278 g/mol. The Kier molecular flexibility index (Phi) is 3.08. The van der Waals surface area contributed by atoms with Crippen molar-refractivity contribution in [1.82, 2.24) is 4.98 Å². The van der Waals surface area contributed by atoms with Crippen LogP contribution in [0.4, 0.5) is 0 Å². The van der Waals surface area contributed by atoms with Gasteiger partial charge < -0.3 is 0 Å². The first-order chi connectivity index (χ1) is 10.3. The average molecular weight is 293 g/mol. The summed E-state index contributed by atoms with van der Waals surface area (Å²) in [6.45, 7) is 0. The van der Waals surface area contributed by atoms with Crippen molar-refractivity contribution >= 4 is 27.3 Å². The lowest BCUT2D eigenvalue weighted by atomic mass is 9.81. The van der Waals surface area contributed by atoms with E-state index in [0.29, 0.717) is 0 Å². The molecule has 1 unspecified atom stereocenters. The number of rotatable bonds is 2. The summed E-state index contributed by atoms with van der Waals surface area (Å²) in [5.41, 5.74) is 3.15. The van der Waals surface area contributed by atoms with E-state index in [1.54, 1.807) is 11.3 Å². The van der Waals surface area contributed by atoms with Gasteiger partial charge in [0.05, 0.1) is 15.2 Å². The Morgan fingerprint density at radius 2 is 1.90 bits per heavy atom. The summed E-state index contributed by atoms with van der Waals surface area (Å²) < 4.78 is 1.20. The number of benzene rings is 2. The zero-order valence-electron chi connectivity index (χ0n) is 11.6. The molecule has 1 aromatic heterocycles. The van der Waals surface area contributed by atoms with Gasteiger partial charge in [0.15, 0.2) is 5.78 Å². The highest BCUT2D eigenvalue weighted by molar-refractivity contribution is 7.18. The third-order valence-electron chi connectivity index (χ3n) is 4.17. The Balaban J connectivity index is 1.62. The van der Waals surface area contributed by atoms with Gasteiger partial charge >= 0.3 is 0 Å². The summed E-state index contributed by atoms with van der Waals surface area (Å²) in [5, 5.41) is 1.08. The van der Waals surface area contributed by atoms with Gasteiger partial charge in [-0.1, -0.05) is 36.4 Å². The molecule has 0 radical (unpaired) electrons. The number of carbonyl (C=O) groups excluding carboxylic acids is 1. The fourth-order valence-corrected chi connectivity index (χ4v) is 4.12. The van der Waals surface area contributed by atoms with Crippen LogP contribution in [0.5, 0.6) is 0 Å². The Morgan fingerprint density at radius 1 is 1.10 bits per heavy atom. The Labute approximate surface area is 127 Å². The predicted octanol–water partition coefficient (Wildman–Crippen LogP) is 4.28. The topological polar surface area (TPSA) is 30.0 Å². The van der Waals surface area contributed by atoms with Crippen LogP contribution in [0.3, 0.4) is 0 Å². The lowest BCUT2D eigenvalue weighted by molar-refractivity contribution is 0.0901. The Hall–Kier alpha value is -2.00. The van der Waals surface area contributed by atoms with Gasteiger partial charge in [-0.2, -0.15) is 0 Å². The van der Waals surface area contributed by atoms with Crippen molar-refractivity contribution in [1.29, 1.82) is 0 Å². The second-order valence-electron chi connectivity index (χ2n) is 5.54. The molecule has 2 aromatic carbocycles. The maximum absolute atomic E-state index is 12.6. The Morgan fingerprint density at radius 3 is 2.81 bits per heavy atom. The number of carbonyl (C=O) groups is 1. The molecule has 4 rings (SSSR count). The van der Waals surface area contributed by atoms with Crippen LogP contribution in [0.1, 0.15) is 27.3 Å². The lowest BCUT2D eigenvalue weighted by Crippen LogP contribution is -2.24. The predicted molar refractivity (Wildman–Crippen MR) is 85.9 cm³/mol. The molecule has 0 spiro atoms. The van der Waals surface area contributed by atoms with Crippen LogP contribution >= 0.6 is 11.3 Å². The van der Waals surface area contributed by atoms with Crippen molar-refractivity contribution in [3.05, 3.63) is 64.7 Å². The van der Waals surface area contributed by atoms with Crippen LogP contribution in [-0.2, 0) is 12.8 Å². The number of hydrogen-bond donors (Lipinski definition) is 0. The van der Waals surface area contributed by atoms with Gasteiger partial charge in [-0.25, -0.2) is 4.98 Å². The highest BCUT2D eigenvalue weighted by atomic mass is 32.1. The summed E-state index contributed by atoms with van der Waals surface area (Å²) in [6, 6.07) is 16.2. The first-order valence-corrected chi connectivity index (χ1v) is 8.09. The van der Waals surface area contributed by atoms with Gasteiger partial charge in [0.25, 0.3) is 0 Å². The largest absolute Gasteiger partial charge is 0.294 e. The van der Waals surface area contributed by atoms with Gasteiger partial charge in [-0.15, -0.1) is 11.3 Å². The fourth-order valence-electron chi connectivity index (χ4n) is 3.07. The minimum absolute atomic E-state index is 0.0838. The molecule has 1 heterocycles. The van der Waals surface area contributed by atoms with Crippen molar-refractivity contribution in [3.63, 3.8) is 0 Å². The molecule has 104 valence electrons. The summed E-state index contributed by atoms with van der Waals surface area (Å²) in [4.78, 5) is 17.3. The van der Waals surface area contributed by atoms with Gasteiger partial charge in [-0.3, -0.25) is 4.79 Å². The molecular formula is C18H15NOS. The quantitative estimate of drug-likeness (QED) is 0.705. The second-order valence-corrected chi connectivity index (χ2v) is 6.65. The van der Waals surface area contributed by atoms with E-state index in [9.17, 15) is 4.79 Å². The van der Waals surface area contributed by atoms with Crippen molar-refractivity contribution in [3.8, 4) is 0 Å². The standard InChI is InChI=1S/C18H15NOS/c20-18-13(10-9-12-5-1-2-6-14(12)18)11-17-19-15-7-3-4-8-16(15)21-17/h1-8,13H,9-11H2. The number of aryl methyl sites for hydroxylation is 1. The van der Waals surface area contributed by atoms with E-state index in [4.69, 9.17) is 0 Å². The SMILES string of the molecule is O=C1c2ccccc2CCC1Cc1nc2ccccc2s1. The monoisotopic (exact) mass is 293 g/mol. The van der Waals surface area contributed by atoms with Crippen LogP contribution in [0.2, 0.25) is 0 Å². The van der Waals surface area contributed by atoms with E-state index in [1.807, 2.05) is 36.4 Å². The van der Waals surface area contributed by atoms with Crippen LogP contribution in [0.25, 0.3) is 10.2 Å². The molecule has 0 amide bonds. The molecule has 0 bridgehead atoms. The van der Waals surface area contributed by atoms with Crippen LogP contribution in [0.15, 0.2) is 48.5 Å². The highest BCUT2D eigenvalue weighted by Crippen LogP contribution is 2.30. The van der Waals surface area contributed by atoms with Gasteiger partial charge in [0.1, 0.15) is 0 Å². The average Bonchev–Trinajstić information content (AvgIpc) is 2.93. The molecule has 21 heavy (non-hydrogen) atoms. The van der Waals surface area contributed by atoms with Gasteiger partial charge in [0, 0.05) is 17.9 Å². The molecule has 3 aromatic rings. The first-order valence-electron chi connectivity index (χ1n) is 7.28. The molecule has 0 N–H and O–H groups in total. The van der Waals surface area contributed by atoms with E-state index >= 15 is 0 Å². The molecule has 1 atom stereocenters. The van der Waals surface area contributed by atoms with Crippen LogP contribution in [0, 0.1) is 5.92 Å².